The van der Waals surface area contributed by atoms with Gasteiger partial charge in [0, 0.05) is 31.3 Å². The van der Waals surface area contributed by atoms with Crippen molar-refractivity contribution in [3.63, 3.8) is 0 Å². The van der Waals surface area contributed by atoms with E-state index in [0.717, 1.165) is 51.0 Å². The molecule has 4 rings (SSSR count). The molecule has 1 spiro atoms. The van der Waals surface area contributed by atoms with Gasteiger partial charge < -0.3 is 10.5 Å². The van der Waals surface area contributed by atoms with Crippen LogP contribution in [-0.4, -0.2) is 56.4 Å². The molecule has 8 heteroatoms. The summed E-state index contributed by atoms with van der Waals surface area (Å²) < 4.78 is 21.4. The van der Waals surface area contributed by atoms with Gasteiger partial charge in [-0.3, -0.25) is 4.90 Å². The van der Waals surface area contributed by atoms with Crippen LogP contribution < -0.4 is 5.73 Å². The van der Waals surface area contributed by atoms with Gasteiger partial charge in [0.2, 0.25) is 0 Å². The van der Waals surface area contributed by atoms with Gasteiger partial charge in [-0.05, 0) is 60.7 Å². The molecule has 1 aromatic heterocycles. The van der Waals surface area contributed by atoms with Gasteiger partial charge in [0.1, 0.15) is 11.5 Å². The van der Waals surface area contributed by atoms with Crippen molar-refractivity contribution in [1.29, 1.82) is 0 Å². The summed E-state index contributed by atoms with van der Waals surface area (Å²) in [5, 5.41) is 12.0. The Hall–Kier alpha value is -1.90. The highest BCUT2D eigenvalue weighted by Crippen LogP contribution is 2.37. The Bertz CT molecular complexity index is 773. The molecular weight excluding hydrogens is 335 g/mol. The fourth-order valence-electron chi connectivity index (χ4n) is 4.18. The van der Waals surface area contributed by atoms with Crippen LogP contribution >= 0.6 is 0 Å². The van der Waals surface area contributed by atoms with Gasteiger partial charge in [-0.15, -0.1) is 5.10 Å². The lowest BCUT2D eigenvalue weighted by Crippen LogP contribution is -2.59. The summed E-state index contributed by atoms with van der Waals surface area (Å²) in [6.45, 7) is 4.80. The van der Waals surface area contributed by atoms with Gasteiger partial charge in [0.25, 0.3) is 0 Å². The third kappa shape index (κ3) is 3.24. The zero-order valence-corrected chi connectivity index (χ0v) is 15.1. The molecule has 0 radical (unpaired) electrons. The predicted octanol–water partition coefficient (Wildman–Crippen LogP) is 1.58. The second-order valence-corrected chi connectivity index (χ2v) is 7.48. The van der Waals surface area contributed by atoms with Gasteiger partial charge in [0.15, 0.2) is 5.82 Å². The van der Waals surface area contributed by atoms with E-state index in [1.54, 1.807) is 12.1 Å². The van der Waals surface area contributed by atoms with Crippen molar-refractivity contribution in [2.75, 3.05) is 19.8 Å². The third-order valence-electron chi connectivity index (χ3n) is 5.73. The summed E-state index contributed by atoms with van der Waals surface area (Å²) >= 11 is 0. The van der Waals surface area contributed by atoms with Crippen LogP contribution in [0.1, 0.15) is 37.1 Å². The topological polar surface area (TPSA) is 82.1 Å². The summed E-state index contributed by atoms with van der Waals surface area (Å²) in [5.74, 6) is 0.301. The van der Waals surface area contributed by atoms with Crippen LogP contribution in [0.4, 0.5) is 4.39 Å². The van der Waals surface area contributed by atoms with Crippen LogP contribution in [0.15, 0.2) is 18.2 Å². The van der Waals surface area contributed by atoms with Crippen molar-refractivity contribution < 1.29 is 9.13 Å². The smallest absolute Gasteiger partial charge is 0.170 e. The lowest BCUT2D eigenvalue weighted by Gasteiger charge is -2.50. The van der Waals surface area contributed by atoms with Crippen molar-refractivity contribution in [2.24, 2.45) is 5.73 Å². The van der Waals surface area contributed by atoms with E-state index in [4.69, 9.17) is 10.5 Å². The average molecular weight is 360 g/mol. The first-order valence-electron chi connectivity index (χ1n) is 9.20. The van der Waals surface area contributed by atoms with E-state index in [9.17, 15) is 4.39 Å². The maximum atomic E-state index is 14.3. The fraction of sp³-hybridized carbons (Fsp3) is 0.611. The van der Waals surface area contributed by atoms with Crippen LogP contribution in [-0.2, 0) is 11.3 Å². The fourth-order valence-corrected chi connectivity index (χ4v) is 4.18. The average Bonchev–Trinajstić information content (AvgIpc) is 3.09. The Kier molecular flexibility index (Phi) is 4.73. The summed E-state index contributed by atoms with van der Waals surface area (Å²) in [6, 6.07) is 5.10. The molecular formula is C18H25FN6O. The molecule has 3 heterocycles. The molecule has 1 atom stereocenters. The summed E-state index contributed by atoms with van der Waals surface area (Å²) in [5.41, 5.74) is 7.67. The number of tetrazole rings is 1. The number of likely N-dealkylation sites (tertiary alicyclic amines) is 1. The SMILES string of the molecule is Cc1ccc(F)c(-n2nnnc2CN2CC(N)CCC23CCOCC3)c1. The molecule has 140 valence electrons. The molecule has 0 bridgehead atoms. The summed E-state index contributed by atoms with van der Waals surface area (Å²) in [6.07, 6.45) is 4.05. The van der Waals surface area contributed by atoms with Crippen LogP contribution in [0, 0.1) is 12.7 Å². The number of aryl methyl sites for hydroxylation is 1. The van der Waals surface area contributed by atoms with Gasteiger partial charge >= 0.3 is 0 Å². The molecule has 0 amide bonds. The lowest BCUT2D eigenvalue weighted by atomic mass is 9.79. The number of aromatic nitrogens is 4. The Morgan fingerprint density at radius 2 is 2.12 bits per heavy atom. The highest BCUT2D eigenvalue weighted by molar-refractivity contribution is 5.36. The van der Waals surface area contributed by atoms with Crippen LogP contribution in [0.2, 0.25) is 0 Å². The van der Waals surface area contributed by atoms with Crippen molar-refractivity contribution in [3.8, 4) is 5.69 Å². The van der Waals surface area contributed by atoms with Gasteiger partial charge in [-0.1, -0.05) is 6.07 Å². The Morgan fingerprint density at radius 1 is 1.31 bits per heavy atom. The number of nitrogens with zero attached hydrogens (tertiary/aromatic N) is 5. The highest BCUT2D eigenvalue weighted by Gasteiger charge is 2.42. The predicted molar refractivity (Wildman–Crippen MR) is 94.3 cm³/mol. The van der Waals surface area contributed by atoms with E-state index < -0.39 is 0 Å². The molecule has 2 saturated heterocycles. The van der Waals surface area contributed by atoms with Crippen LogP contribution in [0.25, 0.3) is 5.69 Å². The van der Waals surface area contributed by atoms with E-state index in [1.807, 2.05) is 6.92 Å². The maximum Gasteiger partial charge on any atom is 0.170 e. The monoisotopic (exact) mass is 360 g/mol. The standard InChI is InChI=1S/C18H25FN6O/c1-13-2-3-15(19)16(10-13)25-17(21-22-23-25)12-24-11-14(20)4-5-18(24)6-8-26-9-7-18/h2-3,10,14H,4-9,11-12,20H2,1H3. The van der Waals surface area contributed by atoms with E-state index in [0.29, 0.717) is 18.1 Å². The number of hydrogen-bond acceptors (Lipinski definition) is 6. The zero-order chi connectivity index (χ0) is 18.1. The molecule has 2 aliphatic heterocycles. The Labute approximate surface area is 152 Å². The number of benzene rings is 1. The van der Waals surface area contributed by atoms with E-state index in [-0.39, 0.29) is 17.4 Å². The minimum absolute atomic E-state index is 0.0794. The van der Waals surface area contributed by atoms with E-state index in [2.05, 4.69) is 20.4 Å². The normalized spacial score (nSPS) is 23.4. The molecule has 0 saturated carbocycles. The van der Waals surface area contributed by atoms with Crippen molar-refractivity contribution >= 4 is 0 Å². The van der Waals surface area contributed by atoms with E-state index in [1.165, 1.54) is 10.7 Å². The second-order valence-electron chi connectivity index (χ2n) is 7.48. The number of hydrogen-bond donors (Lipinski definition) is 1. The first kappa shape index (κ1) is 17.5. The number of piperidine rings is 1. The first-order chi connectivity index (χ1) is 12.6. The van der Waals surface area contributed by atoms with Crippen LogP contribution in [0.3, 0.4) is 0 Å². The van der Waals surface area contributed by atoms with Crippen molar-refractivity contribution in [2.45, 2.75) is 50.7 Å². The third-order valence-corrected chi connectivity index (χ3v) is 5.73. The first-order valence-corrected chi connectivity index (χ1v) is 9.20. The summed E-state index contributed by atoms with van der Waals surface area (Å²) in [4.78, 5) is 2.39. The number of nitrogens with two attached hydrogens (primary N) is 1. The lowest BCUT2D eigenvalue weighted by molar-refractivity contribution is -0.0583. The van der Waals surface area contributed by atoms with Crippen molar-refractivity contribution in [1.82, 2.24) is 25.1 Å². The number of ether oxygens (including phenoxy) is 1. The number of rotatable bonds is 3. The number of halogens is 1. The molecule has 2 aliphatic rings. The summed E-state index contributed by atoms with van der Waals surface area (Å²) in [7, 11) is 0. The van der Waals surface area contributed by atoms with Gasteiger partial charge in [-0.2, -0.15) is 4.68 Å². The molecule has 26 heavy (non-hydrogen) atoms. The van der Waals surface area contributed by atoms with E-state index >= 15 is 0 Å². The molecule has 1 aromatic carbocycles. The maximum absolute atomic E-state index is 14.3. The molecule has 7 nitrogen and oxygen atoms in total. The highest BCUT2D eigenvalue weighted by atomic mass is 19.1. The minimum atomic E-state index is -0.333. The van der Waals surface area contributed by atoms with Crippen LogP contribution in [0.5, 0.6) is 0 Å². The minimum Gasteiger partial charge on any atom is -0.381 e. The van der Waals surface area contributed by atoms with Gasteiger partial charge in [0.05, 0.1) is 6.54 Å². The quantitative estimate of drug-likeness (QED) is 0.895. The molecule has 2 fully saturated rings. The molecule has 2 aromatic rings. The van der Waals surface area contributed by atoms with Crippen molar-refractivity contribution in [3.05, 3.63) is 35.4 Å². The second kappa shape index (κ2) is 7.02. The Balaban J connectivity index is 1.64. The molecule has 1 unspecified atom stereocenters. The largest absolute Gasteiger partial charge is 0.381 e. The Morgan fingerprint density at radius 3 is 2.92 bits per heavy atom. The molecule has 2 N–H and O–H groups in total. The molecule has 0 aliphatic carbocycles. The van der Waals surface area contributed by atoms with Gasteiger partial charge in [-0.25, -0.2) is 4.39 Å². The zero-order valence-electron chi connectivity index (χ0n) is 15.1.